The van der Waals surface area contributed by atoms with Gasteiger partial charge in [-0.3, -0.25) is 4.90 Å². The average molecular weight is 381 g/mol. The van der Waals surface area contributed by atoms with Crippen LogP contribution in [-0.4, -0.2) is 39.0 Å². The van der Waals surface area contributed by atoms with Gasteiger partial charge in [0.05, 0.1) is 8.68 Å². The quantitative estimate of drug-likeness (QED) is 0.853. The largest absolute Gasteiger partial charge is 0.299 e. The molecule has 0 aromatic carbocycles. The van der Waals surface area contributed by atoms with Crippen LogP contribution in [-0.2, 0) is 10.0 Å². The van der Waals surface area contributed by atoms with E-state index in [4.69, 9.17) is 0 Å². The summed E-state index contributed by atoms with van der Waals surface area (Å²) in [5.41, 5.74) is 0. The van der Waals surface area contributed by atoms with Crippen LogP contribution in [0.15, 0.2) is 14.7 Å². The van der Waals surface area contributed by atoms with Gasteiger partial charge in [0.25, 0.3) is 0 Å². The van der Waals surface area contributed by atoms with Gasteiger partial charge in [-0.1, -0.05) is 6.42 Å². The molecule has 1 aromatic heterocycles. The number of nitrogens with zero attached hydrogens (tertiary/aromatic N) is 1. The van der Waals surface area contributed by atoms with Crippen molar-refractivity contribution < 1.29 is 8.42 Å². The zero-order valence-electron chi connectivity index (χ0n) is 11.9. The van der Waals surface area contributed by atoms with Crippen molar-refractivity contribution in [2.24, 2.45) is 0 Å². The number of rotatable bonds is 5. The first-order chi connectivity index (χ1) is 9.40. The van der Waals surface area contributed by atoms with Gasteiger partial charge < -0.3 is 0 Å². The number of piperidine rings is 1. The highest BCUT2D eigenvalue weighted by molar-refractivity contribution is 9.11. The van der Waals surface area contributed by atoms with Crippen LogP contribution in [0.5, 0.6) is 0 Å². The first-order valence-electron chi connectivity index (χ1n) is 6.90. The van der Waals surface area contributed by atoms with Crippen molar-refractivity contribution in [1.82, 2.24) is 9.62 Å². The Morgan fingerprint density at radius 1 is 1.40 bits per heavy atom. The van der Waals surface area contributed by atoms with Crippen molar-refractivity contribution >= 4 is 37.3 Å². The minimum absolute atomic E-state index is 0.243. The Hall–Kier alpha value is 0.0500. The molecular formula is C13H21BrN2O2S2. The molecule has 0 bridgehead atoms. The van der Waals surface area contributed by atoms with Crippen LogP contribution < -0.4 is 4.72 Å². The fourth-order valence-electron chi connectivity index (χ4n) is 2.49. The van der Waals surface area contributed by atoms with Crippen molar-refractivity contribution in [3.63, 3.8) is 0 Å². The van der Waals surface area contributed by atoms with Crippen molar-refractivity contribution in [3.05, 3.63) is 14.7 Å². The molecule has 1 N–H and O–H groups in total. The molecule has 2 rings (SSSR count). The summed E-state index contributed by atoms with van der Waals surface area (Å²) in [5.74, 6) is 0. The Balaban J connectivity index is 1.97. The molecule has 4 nitrogen and oxygen atoms in total. The fourth-order valence-corrected chi connectivity index (χ4v) is 6.03. The van der Waals surface area contributed by atoms with Gasteiger partial charge in [-0.05, 0) is 61.8 Å². The highest BCUT2D eigenvalue weighted by Crippen LogP contribution is 2.29. The highest BCUT2D eigenvalue weighted by atomic mass is 79.9. The molecule has 1 aliphatic heterocycles. The molecule has 0 radical (unpaired) electrons. The molecule has 1 saturated heterocycles. The zero-order chi connectivity index (χ0) is 14.8. The number of aryl methyl sites for hydroxylation is 1. The van der Waals surface area contributed by atoms with Crippen LogP contribution >= 0.6 is 27.3 Å². The van der Waals surface area contributed by atoms with Gasteiger partial charge in [0, 0.05) is 17.5 Å². The molecule has 20 heavy (non-hydrogen) atoms. The summed E-state index contributed by atoms with van der Waals surface area (Å²) < 4.78 is 28.2. The van der Waals surface area contributed by atoms with Gasteiger partial charge in [0.15, 0.2) is 0 Å². The van der Waals surface area contributed by atoms with Crippen LogP contribution in [0.3, 0.4) is 0 Å². The Bertz CT molecular complexity index is 551. The van der Waals surface area contributed by atoms with E-state index in [0.29, 0.717) is 11.4 Å². The second-order valence-corrected chi connectivity index (χ2v) is 9.64. The zero-order valence-corrected chi connectivity index (χ0v) is 15.1. The van der Waals surface area contributed by atoms with E-state index in [-0.39, 0.29) is 6.04 Å². The smallest absolute Gasteiger partial charge is 0.241 e. The van der Waals surface area contributed by atoms with Gasteiger partial charge in [-0.25, -0.2) is 13.1 Å². The lowest BCUT2D eigenvalue weighted by Gasteiger charge is -2.32. The fraction of sp³-hybridized carbons (Fsp3) is 0.692. The molecule has 1 unspecified atom stereocenters. The molecule has 1 fully saturated rings. The molecule has 0 aliphatic carbocycles. The lowest BCUT2D eigenvalue weighted by molar-refractivity contribution is 0.175. The van der Waals surface area contributed by atoms with E-state index in [1.807, 2.05) is 6.92 Å². The van der Waals surface area contributed by atoms with Gasteiger partial charge in [-0.2, -0.15) is 0 Å². The third-order valence-corrected chi connectivity index (χ3v) is 6.95. The van der Waals surface area contributed by atoms with Crippen molar-refractivity contribution in [1.29, 1.82) is 0 Å². The topological polar surface area (TPSA) is 49.4 Å². The van der Waals surface area contributed by atoms with Crippen LogP contribution in [0, 0.1) is 6.92 Å². The molecule has 0 saturated carbocycles. The van der Waals surface area contributed by atoms with E-state index in [1.165, 1.54) is 30.6 Å². The molecule has 1 aromatic rings. The number of hydrogen-bond acceptors (Lipinski definition) is 4. The third kappa shape index (κ3) is 4.04. The predicted octanol–water partition coefficient (Wildman–Crippen LogP) is 2.97. The molecule has 2 heterocycles. The monoisotopic (exact) mass is 380 g/mol. The first-order valence-corrected chi connectivity index (χ1v) is 9.99. The van der Waals surface area contributed by atoms with Gasteiger partial charge in [-0.15, -0.1) is 11.3 Å². The average Bonchev–Trinajstić information content (AvgIpc) is 2.77. The Morgan fingerprint density at radius 3 is 2.60 bits per heavy atom. The standard InChI is InChI=1S/C13H21BrN2O2S2/c1-10(16-6-4-3-5-7-16)9-15-20(17,18)12-8-13(14)19-11(12)2/h8,10,15H,3-7,9H2,1-2H3. The Kier molecular flexibility index (Phi) is 5.64. The highest BCUT2D eigenvalue weighted by Gasteiger charge is 2.22. The minimum atomic E-state index is -3.40. The third-order valence-electron chi connectivity index (χ3n) is 3.71. The Labute approximate surface area is 133 Å². The molecule has 0 spiro atoms. The molecule has 7 heteroatoms. The number of sulfonamides is 1. The lowest BCUT2D eigenvalue weighted by Crippen LogP contribution is -2.44. The van der Waals surface area contributed by atoms with E-state index in [2.05, 4.69) is 32.5 Å². The molecule has 1 atom stereocenters. The van der Waals surface area contributed by atoms with Crippen LogP contribution in [0.2, 0.25) is 0 Å². The van der Waals surface area contributed by atoms with Crippen LogP contribution in [0.4, 0.5) is 0 Å². The maximum Gasteiger partial charge on any atom is 0.241 e. The summed E-state index contributed by atoms with van der Waals surface area (Å²) in [7, 11) is -3.40. The van der Waals surface area contributed by atoms with Gasteiger partial charge in [0.2, 0.25) is 10.0 Å². The first kappa shape index (κ1) is 16.4. The van der Waals surface area contributed by atoms with Gasteiger partial charge >= 0.3 is 0 Å². The second-order valence-electron chi connectivity index (χ2n) is 5.27. The number of halogens is 1. The van der Waals surface area contributed by atoms with Crippen molar-refractivity contribution in [2.75, 3.05) is 19.6 Å². The number of nitrogens with one attached hydrogen (secondary N) is 1. The second kappa shape index (κ2) is 6.87. The maximum absolute atomic E-state index is 12.3. The SMILES string of the molecule is Cc1sc(Br)cc1S(=O)(=O)NCC(C)N1CCCCC1. The summed E-state index contributed by atoms with van der Waals surface area (Å²) in [4.78, 5) is 3.57. The number of thiophene rings is 1. The van der Waals surface area contributed by atoms with E-state index in [0.717, 1.165) is 21.8 Å². The number of hydrogen-bond donors (Lipinski definition) is 1. The Morgan fingerprint density at radius 2 is 2.05 bits per heavy atom. The summed E-state index contributed by atoms with van der Waals surface area (Å²) >= 11 is 4.78. The van der Waals surface area contributed by atoms with Crippen LogP contribution in [0.25, 0.3) is 0 Å². The minimum Gasteiger partial charge on any atom is -0.299 e. The summed E-state index contributed by atoms with van der Waals surface area (Å²) in [6.45, 7) is 6.54. The maximum atomic E-state index is 12.3. The summed E-state index contributed by atoms with van der Waals surface area (Å²) in [6.07, 6.45) is 3.72. The van der Waals surface area contributed by atoms with E-state index < -0.39 is 10.0 Å². The molecule has 1 aliphatic rings. The van der Waals surface area contributed by atoms with Crippen LogP contribution in [0.1, 0.15) is 31.1 Å². The lowest BCUT2D eigenvalue weighted by atomic mass is 10.1. The molecule has 0 amide bonds. The predicted molar refractivity (Wildman–Crippen MR) is 86.8 cm³/mol. The normalized spacial score (nSPS) is 19.1. The molecular weight excluding hydrogens is 360 g/mol. The summed E-state index contributed by atoms with van der Waals surface area (Å²) in [5, 5.41) is 0. The van der Waals surface area contributed by atoms with Crippen molar-refractivity contribution in [3.8, 4) is 0 Å². The van der Waals surface area contributed by atoms with Crippen molar-refractivity contribution in [2.45, 2.75) is 44.0 Å². The number of likely N-dealkylation sites (tertiary alicyclic amines) is 1. The molecule has 114 valence electrons. The van der Waals surface area contributed by atoms with E-state index >= 15 is 0 Å². The van der Waals surface area contributed by atoms with E-state index in [9.17, 15) is 8.42 Å². The van der Waals surface area contributed by atoms with Gasteiger partial charge in [0.1, 0.15) is 0 Å². The summed E-state index contributed by atoms with van der Waals surface area (Å²) in [6, 6.07) is 1.92. The van der Waals surface area contributed by atoms with E-state index in [1.54, 1.807) is 6.07 Å².